The Hall–Kier alpha value is -1.91. The maximum Gasteiger partial charge on any atom is 0.269 e. The number of carboxylic acid groups (broad SMARTS) is 1. The Bertz CT molecular complexity index is 386. The first-order valence-electron chi connectivity index (χ1n) is 3.94. The van der Waals surface area contributed by atoms with E-state index in [0.717, 1.165) is 0 Å². The van der Waals surface area contributed by atoms with Gasteiger partial charge in [-0.05, 0) is 18.1 Å². The van der Waals surface area contributed by atoms with Crippen LogP contribution in [0.2, 0.25) is 0 Å². The lowest BCUT2D eigenvalue weighted by Gasteiger charge is -2.05. The number of aliphatic carboxylic acids is 1. The highest BCUT2D eigenvalue weighted by Gasteiger charge is 2.07. The molecule has 0 atom stereocenters. The number of carboxylic acids is 1. The monoisotopic (exact) mass is 194 g/mol. The molecule has 1 aromatic carbocycles. The van der Waals surface area contributed by atoms with Gasteiger partial charge in [0, 0.05) is 24.5 Å². The quantitative estimate of drug-likeness (QED) is 0.508. The number of hydrogen-bond donors (Lipinski definition) is 0. The van der Waals surface area contributed by atoms with E-state index in [4.69, 9.17) is 0 Å². The minimum atomic E-state index is -1.19. The van der Waals surface area contributed by atoms with Crippen molar-refractivity contribution < 1.29 is 14.8 Å². The van der Waals surface area contributed by atoms with Gasteiger partial charge in [-0.25, -0.2) is 0 Å². The Morgan fingerprint density at radius 2 is 2.14 bits per heavy atom. The Morgan fingerprint density at radius 1 is 1.50 bits per heavy atom. The fraction of sp³-hybridized carbons (Fsp3) is 0.222. The highest BCUT2D eigenvalue weighted by molar-refractivity contribution is 5.68. The molecule has 1 rings (SSSR count). The van der Waals surface area contributed by atoms with E-state index in [2.05, 4.69) is 0 Å². The van der Waals surface area contributed by atoms with Crippen LogP contribution < -0.4 is 5.11 Å². The molecule has 1 aromatic rings. The van der Waals surface area contributed by atoms with Crippen molar-refractivity contribution in [3.05, 3.63) is 39.4 Å². The van der Waals surface area contributed by atoms with Gasteiger partial charge in [0.25, 0.3) is 5.69 Å². The van der Waals surface area contributed by atoms with Gasteiger partial charge < -0.3 is 9.90 Å². The summed E-state index contributed by atoms with van der Waals surface area (Å²) in [4.78, 5) is 20.1. The third kappa shape index (κ3) is 2.29. The van der Waals surface area contributed by atoms with E-state index in [1.807, 2.05) is 0 Å². The van der Waals surface area contributed by atoms with Crippen LogP contribution in [0, 0.1) is 17.0 Å². The number of nitro groups is 1. The smallest absolute Gasteiger partial charge is 0.269 e. The van der Waals surface area contributed by atoms with Crippen LogP contribution in [0.4, 0.5) is 5.69 Å². The molecule has 0 aliphatic rings. The van der Waals surface area contributed by atoms with E-state index in [0.29, 0.717) is 11.1 Å². The number of benzene rings is 1. The number of aryl methyl sites for hydroxylation is 1. The zero-order valence-electron chi connectivity index (χ0n) is 7.52. The lowest BCUT2D eigenvalue weighted by atomic mass is 10.1. The molecule has 74 valence electrons. The standard InChI is InChI=1S/C9H9NO4/c1-6-4-8(10(13)14)3-2-7(6)5-9(11)12/h2-4H,5H2,1H3,(H,11,12)/p-1. The summed E-state index contributed by atoms with van der Waals surface area (Å²) in [7, 11) is 0. The van der Waals surface area contributed by atoms with Crippen molar-refractivity contribution in [1.29, 1.82) is 0 Å². The van der Waals surface area contributed by atoms with Crippen LogP contribution in [0.3, 0.4) is 0 Å². The van der Waals surface area contributed by atoms with Gasteiger partial charge in [-0.1, -0.05) is 6.07 Å². The molecule has 0 saturated heterocycles. The lowest BCUT2D eigenvalue weighted by Crippen LogP contribution is -2.24. The van der Waals surface area contributed by atoms with Gasteiger partial charge in [0.2, 0.25) is 0 Å². The van der Waals surface area contributed by atoms with Gasteiger partial charge in [0.15, 0.2) is 0 Å². The third-order valence-corrected chi connectivity index (χ3v) is 1.87. The van der Waals surface area contributed by atoms with Crippen molar-refractivity contribution >= 4 is 11.7 Å². The molecular formula is C9H8NO4-. The van der Waals surface area contributed by atoms with Gasteiger partial charge in [-0.3, -0.25) is 10.1 Å². The normalized spacial score (nSPS) is 9.79. The van der Waals surface area contributed by atoms with Crippen LogP contribution >= 0.6 is 0 Å². The number of nitro benzene ring substituents is 1. The summed E-state index contributed by atoms with van der Waals surface area (Å²) < 4.78 is 0. The van der Waals surface area contributed by atoms with E-state index in [-0.39, 0.29) is 12.1 Å². The molecule has 5 heteroatoms. The maximum atomic E-state index is 10.4. The second-order valence-electron chi connectivity index (χ2n) is 2.92. The fourth-order valence-electron chi connectivity index (χ4n) is 1.15. The molecule has 0 saturated carbocycles. The average molecular weight is 194 g/mol. The van der Waals surface area contributed by atoms with Crippen molar-refractivity contribution in [1.82, 2.24) is 0 Å². The second-order valence-corrected chi connectivity index (χ2v) is 2.92. The number of rotatable bonds is 3. The molecule has 0 bridgehead atoms. The van der Waals surface area contributed by atoms with Gasteiger partial charge in [0.1, 0.15) is 0 Å². The summed E-state index contributed by atoms with van der Waals surface area (Å²) >= 11 is 0. The zero-order valence-corrected chi connectivity index (χ0v) is 7.52. The molecule has 0 fully saturated rings. The molecule has 0 amide bonds. The Morgan fingerprint density at radius 3 is 2.57 bits per heavy atom. The third-order valence-electron chi connectivity index (χ3n) is 1.87. The summed E-state index contributed by atoms with van der Waals surface area (Å²) in [5.74, 6) is -1.19. The Kier molecular flexibility index (Phi) is 2.81. The van der Waals surface area contributed by atoms with Gasteiger partial charge in [0.05, 0.1) is 4.92 Å². The first-order chi connectivity index (χ1) is 6.50. The summed E-state index contributed by atoms with van der Waals surface area (Å²) in [5.41, 5.74) is 1.09. The van der Waals surface area contributed by atoms with Crippen molar-refractivity contribution in [2.75, 3.05) is 0 Å². The summed E-state index contributed by atoms with van der Waals surface area (Å²) in [5, 5.41) is 20.7. The van der Waals surface area contributed by atoms with E-state index in [1.165, 1.54) is 18.2 Å². The molecule has 0 N–H and O–H groups in total. The molecule has 0 unspecified atom stereocenters. The maximum absolute atomic E-state index is 10.4. The molecule has 0 aliphatic carbocycles. The topological polar surface area (TPSA) is 83.3 Å². The van der Waals surface area contributed by atoms with Gasteiger partial charge in [-0.2, -0.15) is 0 Å². The number of hydrogen-bond acceptors (Lipinski definition) is 4. The number of nitrogens with zero attached hydrogens (tertiary/aromatic N) is 1. The van der Waals surface area contributed by atoms with Crippen molar-refractivity contribution in [2.24, 2.45) is 0 Å². The molecule has 5 nitrogen and oxygen atoms in total. The van der Waals surface area contributed by atoms with E-state index in [9.17, 15) is 20.0 Å². The summed E-state index contributed by atoms with van der Waals surface area (Å²) in [6, 6.07) is 4.06. The summed E-state index contributed by atoms with van der Waals surface area (Å²) in [6.07, 6.45) is -0.218. The van der Waals surface area contributed by atoms with E-state index >= 15 is 0 Å². The van der Waals surface area contributed by atoms with Crippen molar-refractivity contribution in [3.63, 3.8) is 0 Å². The summed E-state index contributed by atoms with van der Waals surface area (Å²) in [6.45, 7) is 1.63. The fourth-order valence-corrected chi connectivity index (χ4v) is 1.15. The van der Waals surface area contributed by atoms with E-state index in [1.54, 1.807) is 6.92 Å². The van der Waals surface area contributed by atoms with Crippen molar-refractivity contribution in [2.45, 2.75) is 13.3 Å². The molecule has 14 heavy (non-hydrogen) atoms. The Labute approximate surface area is 80.1 Å². The van der Waals surface area contributed by atoms with Crippen LogP contribution in [0.25, 0.3) is 0 Å². The second kappa shape index (κ2) is 3.87. The largest absolute Gasteiger partial charge is 0.550 e. The van der Waals surface area contributed by atoms with Gasteiger partial charge >= 0.3 is 0 Å². The van der Waals surface area contributed by atoms with Crippen molar-refractivity contribution in [3.8, 4) is 0 Å². The van der Waals surface area contributed by atoms with Crippen LogP contribution in [-0.4, -0.2) is 10.9 Å². The molecule has 0 aromatic heterocycles. The highest BCUT2D eigenvalue weighted by atomic mass is 16.6. The minimum absolute atomic E-state index is 0.0374. The average Bonchev–Trinajstić information content (AvgIpc) is 2.07. The van der Waals surface area contributed by atoms with Crippen LogP contribution in [0.5, 0.6) is 0 Å². The zero-order chi connectivity index (χ0) is 10.7. The van der Waals surface area contributed by atoms with Crippen LogP contribution in [0.15, 0.2) is 18.2 Å². The highest BCUT2D eigenvalue weighted by Crippen LogP contribution is 2.17. The molecule has 0 heterocycles. The van der Waals surface area contributed by atoms with Gasteiger partial charge in [-0.15, -0.1) is 0 Å². The number of carbonyl (C=O) groups is 1. The molecule has 0 spiro atoms. The Balaban J connectivity index is 3.01. The molecule has 0 aliphatic heterocycles. The number of non-ortho nitro benzene ring substituents is 1. The predicted octanol–water partition coefficient (Wildman–Crippen LogP) is 0.196. The van der Waals surface area contributed by atoms with Crippen LogP contribution in [0.1, 0.15) is 11.1 Å². The lowest BCUT2D eigenvalue weighted by molar-refractivity contribution is -0.384. The predicted molar refractivity (Wildman–Crippen MR) is 46.5 cm³/mol. The first kappa shape index (κ1) is 10.2. The van der Waals surface area contributed by atoms with Crippen LogP contribution in [-0.2, 0) is 11.2 Å². The first-order valence-corrected chi connectivity index (χ1v) is 3.94. The SMILES string of the molecule is Cc1cc([N+](=O)[O-])ccc1CC(=O)[O-]. The van der Waals surface area contributed by atoms with E-state index < -0.39 is 10.9 Å². The molecular weight excluding hydrogens is 186 g/mol. The number of carbonyl (C=O) groups excluding carboxylic acids is 1. The minimum Gasteiger partial charge on any atom is -0.550 e. The molecule has 0 radical (unpaired) electrons.